The summed E-state index contributed by atoms with van der Waals surface area (Å²) in [7, 11) is 1.64. The van der Waals surface area contributed by atoms with E-state index < -0.39 is 0 Å². The zero-order valence-corrected chi connectivity index (χ0v) is 16.0. The Morgan fingerprint density at radius 1 is 1.40 bits per heavy atom. The van der Waals surface area contributed by atoms with Crippen LogP contribution in [0.3, 0.4) is 0 Å². The molecule has 2 aromatic heterocycles. The molecule has 0 radical (unpaired) electrons. The normalized spacial score (nSPS) is 11.4. The summed E-state index contributed by atoms with van der Waals surface area (Å²) >= 11 is 7.72. The van der Waals surface area contributed by atoms with Crippen molar-refractivity contribution in [3.63, 3.8) is 0 Å². The molecule has 0 saturated heterocycles. The van der Waals surface area contributed by atoms with Crippen molar-refractivity contribution in [2.45, 2.75) is 19.9 Å². The lowest BCUT2D eigenvalue weighted by molar-refractivity contribution is 0.0628. The van der Waals surface area contributed by atoms with Crippen molar-refractivity contribution in [3.05, 3.63) is 46.6 Å². The third-order valence-electron chi connectivity index (χ3n) is 4.00. The van der Waals surface area contributed by atoms with Gasteiger partial charge in [-0.25, -0.2) is 4.98 Å². The van der Waals surface area contributed by atoms with E-state index in [2.05, 4.69) is 4.98 Å². The highest BCUT2D eigenvalue weighted by atomic mass is 35.5. The zero-order valence-electron chi connectivity index (χ0n) is 14.4. The molecule has 5 nitrogen and oxygen atoms in total. The number of halogens is 1. The van der Waals surface area contributed by atoms with Crippen molar-refractivity contribution in [1.82, 2.24) is 14.3 Å². The number of hydrogen-bond donors (Lipinski definition) is 0. The number of amides is 1. The number of aromatic nitrogens is 2. The monoisotopic (exact) mass is 377 g/mol. The van der Waals surface area contributed by atoms with Crippen LogP contribution in [0.2, 0.25) is 5.02 Å². The van der Waals surface area contributed by atoms with Crippen molar-refractivity contribution in [1.29, 1.82) is 0 Å². The number of benzene rings is 1. The highest BCUT2D eigenvalue weighted by Crippen LogP contribution is 2.29. The fourth-order valence-electron chi connectivity index (χ4n) is 2.67. The van der Waals surface area contributed by atoms with Crippen LogP contribution < -0.4 is 0 Å². The molecule has 1 amide bonds. The highest BCUT2D eigenvalue weighted by molar-refractivity contribution is 7.15. The molecule has 0 saturated carbocycles. The molecule has 1 aromatic carbocycles. The lowest BCUT2D eigenvalue weighted by atomic mass is 10.2. The Labute approximate surface area is 155 Å². The highest BCUT2D eigenvalue weighted by Gasteiger charge is 2.23. The van der Waals surface area contributed by atoms with E-state index in [4.69, 9.17) is 16.3 Å². The Balaban J connectivity index is 1.97. The van der Waals surface area contributed by atoms with E-state index in [-0.39, 0.29) is 11.9 Å². The van der Waals surface area contributed by atoms with E-state index in [0.29, 0.717) is 23.9 Å². The molecule has 0 unspecified atom stereocenters. The predicted molar refractivity (Wildman–Crippen MR) is 102 cm³/mol. The Morgan fingerprint density at radius 3 is 2.84 bits per heavy atom. The van der Waals surface area contributed by atoms with Gasteiger partial charge < -0.3 is 9.64 Å². The Morgan fingerprint density at radius 2 is 2.16 bits per heavy atom. The fourth-order valence-corrected chi connectivity index (χ4v) is 3.75. The lowest BCUT2D eigenvalue weighted by Gasteiger charge is -2.26. The van der Waals surface area contributed by atoms with Crippen LogP contribution >= 0.6 is 22.9 Å². The maximum Gasteiger partial charge on any atom is 0.272 e. The second-order valence-corrected chi connectivity index (χ2v) is 7.21. The average molecular weight is 378 g/mol. The minimum atomic E-state index is -0.0265. The molecule has 3 rings (SSSR count). The molecule has 0 fully saturated rings. The van der Waals surface area contributed by atoms with Crippen molar-refractivity contribution in [2.24, 2.45) is 0 Å². The number of fused-ring (bicyclic) bond motifs is 1. The number of nitrogens with zero attached hydrogens (tertiary/aromatic N) is 3. The molecule has 0 N–H and O–H groups in total. The largest absolute Gasteiger partial charge is 0.383 e. The molecule has 7 heteroatoms. The van der Waals surface area contributed by atoms with Crippen molar-refractivity contribution >= 4 is 33.8 Å². The van der Waals surface area contributed by atoms with Crippen LogP contribution in [0.5, 0.6) is 0 Å². The van der Waals surface area contributed by atoms with Gasteiger partial charge in [0.05, 0.1) is 17.3 Å². The number of hydrogen-bond acceptors (Lipinski definition) is 4. The summed E-state index contributed by atoms with van der Waals surface area (Å²) in [5.41, 5.74) is 2.23. The fraction of sp³-hybridized carbons (Fsp3) is 0.333. The summed E-state index contributed by atoms with van der Waals surface area (Å²) in [6, 6.07) is 7.66. The first-order valence-electron chi connectivity index (χ1n) is 8.04. The number of carbonyl (C=O) groups excluding carboxylic acids is 1. The molecular weight excluding hydrogens is 358 g/mol. The van der Waals surface area contributed by atoms with Gasteiger partial charge in [0.25, 0.3) is 5.91 Å². The van der Waals surface area contributed by atoms with Gasteiger partial charge in [0, 0.05) is 36.8 Å². The third-order valence-corrected chi connectivity index (χ3v) is 5.17. The van der Waals surface area contributed by atoms with E-state index in [9.17, 15) is 4.79 Å². The maximum atomic E-state index is 13.0. The quantitative estimate of drug-likeness (QED) is 0.646. The maximum absolute atomic E-state index is 13.0. The Bertz CT molecular complexity index is 887. The number of thiazole rings is 1. The van der Waals surface area contributed by atoms with Crippen molar-refractivity contribution in [3.8, 4) is 11.3 Å². The van der Waals surface area contributed by atoms with E-state index >= 15 is 0 Å². The standard InChI is InChI=1S/C18H20ClN3O2S/c1-12(2)21(8-9-24-3)17(23)16-11-25-18-20-15(10-22(16)18)13-6-4-5-7-14(13)19/h4-7,10-12H,8-9H2,1-3H3. The van der Waals surface area contributed by atoms with Crippen LogP contribution in [-0.4, -0.2) is 46.5 Å². The van der Waals surface area contributed by atoms with Crippen molar-refractivity contribution in [2.75, 3.05) is 20.3 Å². The summed E-state index contributed by atoms with van der Waals surface area (Å²) in [5.74, 6) is -0.0265. The molecule has 0 aliphatic rings. The van der Waals surface area contributed by atoms with Crippen LogP contribution in [0.15, 0.2) is 35.8 Å². The van der Waals surface area contributed by atoms with Crippen molar-refractivity contribution < 1.29 is 9.53 Å². The van der Waals surface area contributed by atoms with E-state index in [1.165, 1.54) is 11.3 Å². The first-order valence-corrected chi connectivity index (χ1v) is 9.30. The van der Waals surface area contributed by atoms with E-state index in [0.717, 1.165) is 16.2 Å². The molecule has 2 heterocycles. The third kappa shape index (κ3) is 3.56. The number of ether oxygens (including phenoxy) is 1. The van der Waals surface area contributed by atoms with Gasteiger partial charge in [0.2, 0.25) is 0 Å². The van der Waals surface area contributed by atoms with Crippen LogP contribution in [0.4, 0.5) is 0 Å². The molecule has 0 atom stereocenters. The second-order valence-electron chi connectivity index (χ2n) is 5.96. The van der Waals surface area contributed by atoms with Gasteiger partial charge in [-0.15, -0.1) is 11.3 Å². The van der Waals surface area contributed by atoms with Crippen LogP contribution in [0.25, 0.3) is 16.2 Å². The topological polar surface area (TPSA) is 46.8 Å². The first kappa shape index (κ1) is 17.9. The first-order chi connectivity index (χ1) is 12.0. The summed E-state index contributed by atoms with van der Waals surface area (Å²) < 4.78 is 6.97. The number of rotatable bonds is 6. The molecule has 3 aromatic rings. The van der Waals surface area contributed by atoms with Gasteiger partial charge in [0.15, 0.2) is 4.96 Å². The van der Waals surface area contributed by atoms with E-state index in [1.807, 2.05) is 54.1 Å². The SMILES string of the molecule is COCCN(C(=O)c1csc2nc(-c3ccccc3Cl)cn12)C(C)C. The Kier molecular flexibility index (Phi) is 5.42. The summed E-state index contributed by atoms with van der Waals surface area (Å²) in [5, 5.41) is 2.49. The molecule has 0 spiro atoms. The molecule has 25 heavy (non-hydrogen) atoms. The van der Waals surface area contributed by atoms with Gasteiger partial charge in [-0.3, -0.25) is 9.20 Å². The van der Waals surface area contributed by atoms with Gasteiger partial charge in [-0.1, -0.05) is 29.8 Å². The minimum Gasteiger partial charge on any atom is -0.383 e. The van der Waals surface area contributed by atoms with Crippen LogP contribution in [0.1, 0.15) is 24.3 Å². The minimum absolute atomic E-state index is 0.0265. The van der Waals surface area contributed by atoms with Crippen LogP contribution in [0, 0.1) is 0 Å². The molecule has 0 aliphatic carbocycles. The second kappa shape index (κ2) is 7.56. The summed E-state index contributed by atoms with van der Waals surface area (Å²) in [6.45, 7) is 5.06. The molecular formula is C18H20ClN3O2S. The molecule has 0 bridgehead atoms. The average Bonchev–Trinajstić information content (AvgIpc) is 3.15. The predicted octanol–water partition coefficient (Wildman–Crippen LogP) is 4.21. The smallest absolute Gasteiger partial charge is 0.272 e. The van der Waals surface area contributed by atoms with Gasteiger partial charge in [-0.05, 0) is 19.9 Å². The summed E-state index contributed by atoms with van der Waals surface area (Å²) in [4.78, 5) is 20.2. The number of methoxy groups -OCH3 is 1. The van der Waals surface area contributed by atoms with E-state index in [1.54, 1.807) is 12.0 Å². The van der Waals surface area contributed by atoms with Gasteiger partial charge in [-0.2, -0.15) is 0 Å². The zero-order chi connectivity index (χ0) is 18.0. The lowest BCUT2D eigenvalue weighted by Crippen LogP contribution is -2.39. The molecule has 0 aliphatic heterocycles. The Hall–Kier alpha value is -1.89. The number of carbonyl (C=O) groups is 1. The van der Waals surface area contributed by atoms with Gasteiger partial charge >= 0.3 is 0 Å². The molecule has 132 valence electrons. The summed E-state index contributed by atoms with van der Waals surface area (Å²) in [6.07, 6.45) is 1.87. The van der Waals surface area contributed by atoms with Gasteiger partial charge in [0.1, 0.15) is 5.69 Å². The number of imidazole rings is 1. The van der Waals surface area contributed by atoms with Crippen LogP contribution in [-0.2, 0) is 4.74 Å².